The average Bonchev–Trinajstić information content (AvgIpc) is 3.53. The lowest BCUT2D eigenvalue weighted by atomic mass is 10.0. The van der Waals surface area contributed by atoms with Crippen LogP contribution in [0, 0.1) is 12.7 Å². The van der Waals surface area contributed by atoms with Crippen molar-refractivity contribution < 1.29 is 13.9 Å². The number of amides is 1. The molecular formula is C28H35FN6O4S. The van der Waals surface area contributed by atoms with E-state index < -0.39 is 28.5 Å². The van der Waals surface area contributed by atoms with Gasteiger partial charge < -0.3 is 10.1 Å². The number of carbonyl (C=O) groups is 1. The summed E-state index contributed by atoms with van der Waals surface area (Å²) in [5.74, 6) is -0.315. The summed E-state index contributed by atoms with van der Waals surface area (Å²) in [6.45, 7) is 11.2. The van der Waals surface area contributed by atoms with Crippen molar-refractivity contribution >= 4 is 27.5 Å². The number of nitrogens with zero attached hydrogens (tertiary/aromatic N) is 5. The van der Waals surface area contributed by atoms with E-state index in [0.29, 0.717) is 38.7 Å². The van der Waals surface area contributed by atoms with Gasteiger partial charge in [-0.25, -0.2) is 13.8 Å². The van der Waals surface area contributed by atoms with E-state index in [9.17, 15) is 18.8 Å². The fourth-order valence-electron chi connectivity index (χ4n) is 4.52. The second kappa shape index (κ2) is 11.7. The van der Waals surface area contributed by atoms with E-state index in [2.05, 4.69) is 22.4 Å². The Morgan fingerprint density at radius 3 is 2.55 bits per heavy atom. The molecule has 4 aromatic rings. The first-order valence-electron chi connectivity index (χ1n) is 13.4. The highest BCUT2D eigenvalue weighted by molar-refractivity contribution is 7.21. The number of nitrogens with one attached hydrogen (secondary N) is 1. The maximum Gasteiger partial charge on any atom is 0.333 e. The number of halogens is 1. The Balaban J connectivity index is 1.90. The van der Waals surface area contributed by atoms with Crippen LogP contribution in [0.5, 0.6) is 5.75 Å². The Hall–Kier alpha value is -3.80. The van der Waals surface area contributed by atoms with E-state index in [4.69, 9.17) is 4.74 Å². The molecule has 3 aromatic heterocycles. The van der Waals surface area contributed by atoms with E-state index in [1.54, 1.807) is 26.8 Å². The number of fused-ring (bicyclic) bond motifs is 1. The lowest BCUT2D eigenvalue weighted by Gasteiger charge is -2.27. The van der Waals surface area contributed by atoms with Gasteiger partial charge in [0.15, 0.2) is 0 Å². The van der Waals surface area contributed by atoms with E-state index in [0.717, 1.165) is 17.4 Å². The molecule has 0 aliphatic heterocycles. The fourth-order valence-corrected chi connectivity index (χ4v) is 5.76. The number of aryl methyl sites for hydroxylation is 3. The second-order valence-electron chi connectivity index (χ2n) is 10.5. The van der Waals surface area contributed by atoms with Crippen molar-refractivity contribution in [1.82, 2.24) is 29.4 Å². The molecule has 0 unspecified atom stereocenters. The molecule has 0 radical (unpaired) electrons. The van der Waals surface area contributed by atoms with Crippen LogP contribution in [-0.2, 0) is 23.3 Å². The van der Waals surface area contributed by atoms with Crippen LogP contribution in [0.15, 0.2) is 40.2 Å². The number of carbonyl (C=O) groups excluding carboxylic acids is 1. The van der Waals surface area contributed by atoms with E-state index >= 15 is 0 Å². The van der Waals surface area contributed by atoms with Gasteiger partial charge in [0.05, 0.1) is 24.4 Å². The van der Waals surface area contributed by atoms with Gasteiger partial charge in [0, 0.05) is 18.2 Å². The molecule has 214 valence electrons. The van der Waals surface area contributed by atoms with Crippen molar-refractivity contribution in [2.75, 3.05) is 6.61 Å². The zero-order valence-corrected chi connectivity index (χ0v) is 24.5. The smallest absolute Gasteiger partial charge is 0.333 e. The van der Waals surface area contributed by atoms with Crippen LogP contribution < -0.4 is 21.3 Å². The maximum absolute atomic E-state index is 14.2. The van der Waals surface area contributed by atoms with Crippen molar-refractivity contribution in [3.05, 3.63) is 68.4 Å². The molecule has 12 heteroatoms. The second-order valence-corrected chi connectivity index (χ2v) is 11.5. The van der Waals surface area contributed by atoms with Crippen molar-refractivity contribution in [1.29, 1.82) is 0 Å². The Labute approximate surface area is 235 Å². The Kier molecular flexibility index (Phi) is 8.57. The Bertz CT molecular complexity index is 1640. The highest BCUT2D eigenvalue weighted by atomic mass is 32.1. The zero-order valence-electron chi connectivity index (χ0n) is 23.7. The maximum atomic E-state index is 14.2. The fraction of sp³-hybridized carbons (Fsp3) is 0.464. The van der Waals surface area contributed by atoms with Gasteiger partial charge in [-0.3, -0.25) is 14.2 Å². The molecule has 1 aromatic carbocycles. The molecule has 0 saturated carbocycles. The van der Waals surface area contributed by atoms with E-state index in [1.807, 2.05) is 13.8 Å². The number of benzene rings is 1. The van der Waals surface area contributed by atoms with Crippen LogP contribution in [0.2, 0.25) is 0 Å². The summed E-state index contributed by atoms with van der Waals surface area (Å²) in [6, 6.07) is 4.15. The molecule has 3 heterocycles. The van der Waals surface area contributed by atoms with Crippen LogP contribution in [0.25, 0.3) is 15.2 Å². The summed E-state index contributed by atoms with van der Waals surface area (Å²) in [4.78, 5) is 43.0. The van der Waals surface area contributed by atoms with E-state index in [1.165, 1.54) is 45.2 Å². The molecule has 0 atom stereocenters. The van der Waals surface area contributed by atoms with Crippen LogP contribution in [0.4, 0.5) is 4.39 Å². The number of thiophene rings is 1. The molecular weight excluding hydrogens is 535 g/mol. The molecule has 10 nitrogen and oxygen atoms in total. The highest BCUT2D eigenvalue weighted by Crippen LogP contribution is 2.31. The standard InChI is InChI=1S/C28H35FN6O4S/c1-7-8-15-39-21-10-9-20(29)16-19(21)11-14-33-25-22(18(4)24(40-25)35-30-12-13-31-35)23(36)34(27(33)38)28(5,6)26(37)32-17(2)3/h9-10,12-13,16-17H,7-8,11,14-15H2,1-6H3,(H,32,37). The Morgan fingerprint density at radius 1 is 1.20 bits per heavy atom. The number of aromatic nitrogens is 5. The number of rotatable bonds is 11. The van der Waals surface area contributed by atoms with Gasteiger partial charge in [0.1, 0.15) is 26.9 Å². The van der Waals surface area contributed by atoms with Crippen molar-refractivity contribution in [3.8, 4) is 10.8 Å². The normalized spacial score (nSPS) is 11.9. The molecule has 1 amide bonds. The van der Waals surface area contributed by atoms with Crippen LogP contribution in [-0.4, -0.2) is 42.7 Å². The van der Waals surface area contributed by atoms with Gasteiger partial charge >= 0.3 is 5.69 Å². The highest BCUT2D eigenvalue weighted by Gasteiger charge is 2.35. The number of hydrogen-bond donors (Lipinski definition) is 1. The number of unbranched alkanes of at least 4 members (excludes halogenated alkanes) is 1. The summed E-state index contributed by atoms with van der Waals surface area (Å²) in [6.07, 6.45) is 5.12. The molecule has 0 saturated heterocycles. The third-order valence-corrected chi connectivity index (χ3v) is 7.99. The monoisotopic (exact) mass is 570 g/mol. The van der Waals surface area contributed by atoms with Gasteiger partial charge in [0.2, 0.25) is 5.91 Å². The number of hydrogen-bond acceptors (Lipinski definition) is 7. The lowest BCUT2D eigenvalue weighted by molar-refractivity contribution is -0.129. The number of ether oxygens (including phenoxy) is 1. The minimum Gasteiger partial charge on any atom is -0.493 e. The zero-order chi connectivity index (χ0) is 29.2. The predicted octanol–water partition coefficient (Wildman–Crippen LogP) is 3.93. The first-order valence-corrected chi connectivity index (χ1v) is 14.2. The summed E-state index contributed by atoms with van der Waals surface area (Å²) < 4.78 is 22.6. The SMILES string of the molecule is CCCCOc1ccc(F)cc1CCn1c(=O)n(C(C)(C)C(=O)NC(C)C)c(=O)c2c(C)c(-n3nccn3)sc21. The van der Waals surface area contributed by atoms with Gasteiger partial charge in [-0.1, -0.05) is 24.7 Å². The van der Waals surface area contributed by atoms with Crippen molar-refractivity contribution in [2.45, 2.75) is 78.9 Å². The van der Waals surface area contributed by atoms with Crippen LogP contribution in [0.3, 0.4) is 0 Å². The molecule has 0 bridgehead atoms. The van der Waals surface area contributed by atoms with Gasteiger partial charge in [-0.2, -0.15) is 10.2 Å². The van der Waals surface area contributed by atoms with Gasteiger partial charge in [0.25, 0.3) is 5.56 Å². The molecule has 0 aliphatic carbocycles. The largest absolute Gasteiger partial charge is 0.493 e. The minimum absolute atomic E-state index is 0.122. The molecule has 0 aliphatic rings. The summed E-state index contributed by atoms with van der Waals surface area (Å²) in [5.41, 5.74) is -1.49. The summed E-state index contributed by atoms with van der Waals surface area (Å²) in [7, 11) is 0. The molecule has 40 heavy (non-hydrogen) atoms. The third kappa shape index (κ3) is 5.58. The first kappa shape index (κ1) is 29.2. The lowest BCUT2D eigenvalue weighted by Crippen LogP contribution is -2.56. The summed E-state index contributed by atoms with van der Waals surface area (Å²) >= 11 is 1.22. The molecule has 0 spiro atoms. The van der Waals surface area contributed by atoms with Crippen LogP contribution >= 0.6 is 11.3 Å². The third-order valence-electron chi connectivity index (χ3n) is 6.70. The predicted molar refractivity (Wildman–Crippen MR) is 153 cm³/mol. The summed E-state index contributed by atoms with van der Waals surface area (Å²) in [5, 5.41) is 12.1. The topological polar surface area (TPSA) is 113 Å². The van der Waals surface area contributed by atoms with Crippen molar-refractivity contribution in [3.63, 3.8) is 0 Å². The average molecular weight is 571 g/mol. The Morgan fingerprint density at radius 2 is 1.90 bits per heavy atom. The molecule has 0 fully saturated rings. The molecule has 4 rings (SSSR count). The molecule has 1 N–H and O–H groups in total. The quantitative estimate of drug-likeness (QED) is 0.274. The first-order chi connectivity index (χ1) is 19.0. The van der Waals surface area contributed by atoms with Gasteiger partial charge in [-0.15, -0.1) is 4.80 Å². The van der Waals surface area contributed by atoms with Gasteiger partial charge in [-0.05, 0) is 71.2 Å². The van der Waals surface area contributed by atoms with E-state index in [-0.39, 0.29) is 19.0 Å². The van der Waals surface area contributed by atoms with Crippen molar-refractivity contribution in [2.24, 2.45) is 0 Å². The van der Waals surface area contributed by atoms with Crippen LogP contribution in [0.1, 0.15) is 58.6 Å². The minimum atomic E-state index is -1.49.